The molecule has 152 valence electrons. The lowest BCUT2D eigenvalue weighted by Gasteiger charge is -2.07. The Bertz CT molecular complexity index is 1080. The summed E-state index contributed by atoms with van der Waals surface area (Å²) in [6.07, 6.45) is 1.45. The summed E-state index contributed by atoms with van der Waals surface area (Å²) in [6.45, 7) is 1.43. The Morgan fingerprint density at radius 1 is 1.21 bits per heavy atom. The van der Waals surface area contributed by atoms with E-state index in [1.165, 1.54) is 28.7 Å². The molecule has 0 fully saturated rings. The highest BCUT2D eigenvalue weighted by Gasteiger charge is 2.23. The first kappa shape index (κ1) is 20.0. The number of nitrogens with zero attached hydrogens (tertiary/aromatic N) is 4. The minimum Gasteiger partial charge on any atom is -0.468 e. The van der Waals surface area contributed by atoms with Gasteiger partial charge in [-0.2, -0.15) is 10.2 Å². The molecule has 29 heavy (non-hydrogen) atoms. The van der Waals surface area contributed by atoms with Crippen LogP contribution in [0, 0.1) is 18.6 Å². The average molecular weight is 405 g/mol. The van der Waals surface area contributed by atoms with E-state index in [-0.39, 0.29) is 29.6 Å². The van der Waals surface area contributed by atoms with Crippen LogP contribution in [0.3, 0.4) is 0 Å². The molecular formula is C18H17F2N5O4. The number of aromatic nitrogens is 4. The van der Waals surface area contributed by atoms with Crippen LogP contribution < -0.4 is 10.1 Å². The molecular weight excluding hydrogens is 388 g/mol. The second kappa shape index (κ2) is 8.09. The first-order chi connectivity index (χ1) is 13.8. The molecule has 0 unspecified atom stereocenters. The average Bonchev–Trinajstić information content (AvgIpc) is 3.25. The Morgan fingerprint density at radius 3 is 2.66 bits per heavy atom. The Morgan fingerprint density at radius 2 is 1.97 bits per heavy atom. The summed E-state index contributed by atoms with van der Waals surface area (Å²) in [7, 11) is 2.78. The van der Waals surface area contributed by atoms with E-state index in [0.29, 0.717) is 11.8 Å². The van der Waals surface area contributed by atoms with Crippen molar-refractivity contribution in [1.29, 1.82) is 0 Å². The van der Waals surface area contributed by atoms with E-state index in [1.54, 1.807) is 14.0 Å². The number of aryl methyl sites for hydroxylation is 2. The van der Waals surface area contributed by atoms with Gasteiger partial charge in [0.1, 0.15) is 5.82 Å². The fourth-order valence-corrected chi connectivity index (χ4v) is 2.60. The Kier molecular flexibility index (Phi) is 5.57. The van der Waals surface area contributed by atoms with Crippen LogP contribution in [-0.4, -0.2) is 38.5 Å². The fraction of sp³-hybridized carbons (Fsp3) is 0.222. The van der Waals surface area contributed by atoms with Crippen LogP contribution in [-0.2, 0) is 18.5 Å². The molecule has 11 heteroatoms. The van der Waals surface area contributed by atoms with Gasteiger partial charge in [-0.1, -0.05) is 0 Å². The largest absolute Gasteiger partial charge is 0.468 e. The number of hydrogen-bond donors (Lipinski definition) is 1. The number of amides is 1. The molecule has 1 N–H and O–H groups in total. The third-order valence-corrected chi connectivity index (χ3v) is 3.96. The quantitative estimate of drug-likeness (QED) is 0.632. The second-order valence-electron chi connectivity index (χ2n) is 5.97. The number of hydrogen-bond acceptors (Lipinski definition) is 6. The van der Waals surface area contributed by atoms with Crippen molar-refractivity contribution in [3.05, 3.63) is 59.2 Å². The minimum atomic E-state index is -0.850. The summed E-state index contributed by atoms with van der Waals surface area (Å²) in [5.41, 5.74) is 0.763. The predicted octanol–water partition coefficient (Wildman–Crippen LogP) is 2.28. The molecule has 3 rings (SSSR count). The molecule has 2 heterocycles. The molecule has 0 saturated heterocycles. The zero-order valence-corrected chi connectivity index (χ0v) is 15.8. The van der Waals surface area contributed by atoms with Gasteiger partial charge in [-0.25, -0.2) is 18.3 Å². The number of carbonyl (C=O) groups is 2. The van der Waals surface area contributed by atoms with E-state index in [2.05, 4.69) is 15.5 Å². The number of methoxy groups -OCH3 is 1. The lowest BCUT2D eigenvalue weighted by molar-refractivity contribution is 0.0589. The van der Waals surface area contributed by atoms with Crippen molar-refractivity contribution in [3.8, 4) is 5.75 Å². The number of halogens is 2. The maximum Gasteiger partial charge on any atom is 0.358 e. The third-order valence-electron chi connectivity index (χ3n) is 3.96. The highest BCUT2D eigenvalue weighted by Crippen LogP contribution is 2.21. The van der Waals surface area contributed by atoms with Crippen molar-refractivity contribution in [3.63, 3.8) is 0 Å². The molecule has 0 atom stereocenters. The normalized spacial score (nSPS) is 10.7. The van der Waals surface area contributed by atoms with Crippen LogP contribution in [0.1, 0.15) is 26.7 Å². The van der Waals surface area contributed by atoms with E-state index < -0.39 is 23.5 Å². The van der Waals surface area contributed by atoms with Crippen LogP contribution in [0.15, 0.2) is 30.5 Å². The maximum atomic E-state index is 13.6. The molecule has 1 amide bonds. The fourth-order valence-electron chi connectivity index (χ4n) is 2.60. The van der Waals surface area contributed by atoms with Crippen LogP contribution in [0.5, 0.6) is 5.75 Å². The van der Waals surface area contributed by atoms with Gasteiger partial charge >= 0.3 is 5.97 Å². The molecule has 2 aromatic heterocycles. The topological polar surface area (TPSA) is 100 Å². The zero-order chi connectivity index (χ0) is 21.1. The number of benzene rings is 1. The second-order valence-corrected chi connectivity index (χ2v) is 5.97. The lowest BCUT2D eigenvalue weighted by atomic mass is 10.2. The van der Waals surface area contributed by atoms with Crippen molar-refractivity contribution >= 4 is 17.6 Å². The molecule has 0 aliphatic heterocycles. The SMILES string of the molecule is COC(=O)c1c(NC(=O)c2ccn(COc3ccc(F)cc3F)n2)c(C)nn1C. The van der Waals surface area contributed by atoms with Gasteiger partial charge in [0, 0.05) is 19.3 Å². The van der Waals surface area contributed by atoms with Crippen molar-refractivity contribution in [1.82, 2.24) is 19.6 Å². The van der Waals surface area contributed by atoms with Crippen LogP contribution in [0.4, 0.5) is 14.5 Å². The summed E-state index contributed by atoms with van der Waals surface area (Å²) in [4.78, 5) is 24.4. The van der Waals surface area contributed by atoms with Crippen molar-refractivity contribution in [2.45, 2.75) is 13.7 Å². The van der Waals surface area contributed by atoms with Gasteiger partial charge in [0.2, 0.25) is 0 Å². The number of anilines is 1. The van der Waals surface area contributed by atoms with Crippen LogP contribution in [0.2, 0.25) is 0 Å². The van der Waals surface area contributed by atoms with Gasteiger partial charge < -0.3 is 14.8 Å². The predicted molar refractivity (Wildman–Crippen MR) is 96.5 cm³/mol. The lowest BCUT2D eigenvalue weighted by Crippen LogP contribution is -2.18. The molecule has 0 aliphatic rings. The summed E-state index contributed by atoms with van der Waals surface area (Å²) in [5, 5.41) is 10.7. The monoisotopic (exact) mass is 405 g/mol. The number of ether oxygens (including phenoxy) is 2. The summed E-state index contributed by atoms with van der Waals surface area (Å²) >= 11 is 0. The van der Waals surface area contributed by atoms with Gasteiger partial charge in [-0.05, 0) is 25.1 Å². The van der Waals surface area contributed by atoms with E-state index in [9.17, 15) is 18.4 Å². The number of esters is 1. The van der Waals surface area contributed by atoms with Gasteiger partial charge in [-0.15, -0.1) is 0 Å². The number of nitrogens with one attached hydrogen (secondary N) is 1. The van der Waals surface area contributed by atoms with E-state index >= 15 is 0 Å². The molecule has 1 aromatic carbocycles. The van der Waals surface area contributed by atoms with Gasteiger partial charge in [0.15, 0.2) is 29.7 Å². The standard InChI is InChI=1S/C18H17F2N5O4/c1-10-15(16(18(27)28-3)24(2)22-10)21-17(26)13-6-7-25(23-13)9-29-14-5-4-11(19)8-12(14)20/h4-8H,9H2,1-3H3,(H,21,26). The van der Waals surface area contributed by atoms with Crippen LogP contribution >= 0.6 is 0 Å². The molecule has 0 saturated carbocycles. The minimum absolute atomic E-state index is 0.0345. The van der Waals surface area contributed by atoms with Gasteiger partial charge in [0.05, 0.1) is 18.5 Å². The van der Waals surface area contributed by atoms with E-state index in [1.807, 2.05) is 0 Å². The van der Waals surface area contributed by atoms with Crippen molar-refractivity contribution < 1.29 is 27.8 Å². The molecule has 0 aliphatic carbocycles. The summed E-state index contributed by atoms with van der Waals surface area (Å²) < 4.78 is 39.0. The van der Waals surface area contributed by atoms with E-state index in [0.717, 1.165) is 12.1 Å². The smallest absolute Gasteiger partial charge is 0.358 e. The van der Waals surface area contributed by atoms with Crippen molar-refractivity contribution in [2.75, 3.05) is 12.4 Å². The van der Waals surface area contributed by atoms with Crippen LogP contribution in [0.25, 0.3) is 0 Å². The van der Waals surface area contributed by atoms with Crippen molar-refractivity contribution in [2.24, 2.45) is 7.05 Å². The van der Waals surface area contributed by atoms with Gasteiger partial charge in [0.25, 0.3) is 5.91 Å². The summed E-state index contributed by atoms with van der Waals surface area (Å²) in [5.74, 6) is -2.95. The zero-order valence-electron chi connectivity index (χ0n) is 15.8. The molecule has 0 spiro atoms. The molecule has 0 radical (unpaired) electrons. The first-order valence-corrected chi connectivity index (χ1v) is 8.34. The number of rotatable bonds is 6. The molecule has 0 bridgehead atoms. The number of carbonyl (C=O) groups excluding carboxylic acids is 2. The summed E-state index contributed by atoms with van der Waals surface area (Å²) in [6, 6.07) is 4.34. The highest BCUT2D eigenvalue weighted by molar-refractivity contribution is 6.07. The highest BCUT2D eigenvalue weighted by atomic mass is 19.1. The first-order valence-electron chi connectivity index (χ1n) is 8.34. The molecule has 3 aromatic rings. The Labute approximate surface area is 163 Å². The Hall–Kier alpha value is -3.76. The Balaban J connectivity index is 1.71. The maximum absolute atomic E-state index is 13.6. The van der Waals surface area contributed by atoms with E-state index in [4.69, 9.17) is 9.47 Å². The molecule has 9 nitrogen and oxygen atoms in total. The third kappa shape index (κ3) is 4.23. The van der Waals surface area contributed by atoms with Gasteiger partial charge in [-0.3, -0.25) is 9.48 Å².